The molecule has 0 fully saturated rings. The van der Waals surface area contributed by atoms with E-state index in [-0.39, 0.29) is 21.8 Å². The zero-order valence-corrected chi connectivity index (χ0v) is 20.7. The number of benzene rings is 2. The second kappa shape index (κ2) is 9.62. The highest BCUT2D eigenvalue weighted by Gasteiger charge is 2.17. The lowest BCUT2D eigenvalue weighted by Gasteiger charge is -2.07. The first kappa shape index (κ1) is 22.7. The number of hydrogen-bond acceptors (Lipinski definition) is 5. The molecule has 0 radical (unpaired) electrons. The Morgan fingerprint density at radius 2 is 1.65 bits per heavy atom. The van der Waals surface area contributed by atoms with E-state index in [1.165, 1.54) is 26.5 Å². The Morgan fingerprint density at radius 1 is 0.912 bits per heavy atom. The van der Waals surface area contributed by atoms with Gasteiger partial charge in [0, 0.05) is 17.2 Å². The molecule has 0 unspecified atom stereocenters. The number of nitrogens with zero attached hydrogens (tertiary/aromatic N) is 1. The maximum atomic E-state index is 12.7. The van der Waals surface area contributed by atoms with Crippen molar-refractivity contribution in [2.45, 2.75) is 10.6 Å². The first-order valence-electron chi connectivity index (χ1n) is 11.1. The molecule has 0 saturated heterocycles. The van der Waals surface area contributed by atoms with Crippen molar-refractivity contribution in [3.05, 3.63) is 108 Å². The van der Waals surface area contributed by atoms with E-state index in [1.807, 2.05) is 12.1 Å². The summed E-state index contributed by atoms with van der Waals surface area (Å²) in [7, 11) is 4.11. The van der Waals surface area contributed by atoms with Crippen LogP contribution in [-0.4, -0.2) is 41.3 Å². The minimum atomic E-state index is -0.313. The van der Waals surface area contributed by atoms with E-state index in [9.17, 15) is 9.59 Å². The van der Waals surface area contributed by atoms with Crippen LogP contribution in [0.1, 0.15) is 21.6 Å². The van der Waals surface area contributed by atoms with E-state index in [2.05, 4.69) is 71.4 Å². The number of fused-ring (bicyclic) bond motifs is 3. The zero-order valence-electron chi connectivity index (χ0n) is 19.1. The van der Waals surface area contributed by atoms with Crippen LogP contribution in [0, 0.1) is 0 Å². The Kier molecular flexibility index (Phi) is 6.41. The smallest absolute Gasteiger partial charge is 0.272 e. The minimum absolute atomic E-state index is 0.253. The molecular weight excluding hydrogens is 462 g/mol. The third kappa shape index (κ3) is 4.87. The van der Waals surface area contributed by atoms with Crippen LogP contribution in [0.4, 0.5) is 0 Å². The molecule has 0 bridgehead atoms. The third-order valence-corrected chi connectivity index (χ3v) is 8.02. The Labute approximate surface area is 205 Å². The number of nitrogens with one attached hydrogen (secondary N) is 2. The number of aromatic nitrogens is 2. The first-order valence-corrected chi connectivity index (χ1v) is 12.9. The lowest BCUT2D eigenvalue weighted by atomic mass is 10.0. The summed E-state index contributed by atoms with van der Waals surface area (Å²) in [6.45, 7) is 1.00. The van der Waals surface area contributed by atoms with Crippen molar-refractivity contribution < 1.29 is 0 Å². The normalized spacial score (nSPS) is 13.5. The Bertz CT molecular complexity index is 1600. The summed E-state index contributed by atoms with van der Waals surface area (Å²) in [6.07, 6.45) is 4.35. The molecule has 0 atom stereocenters. The monoisotopic (exact) mass is 487 g/mol. The van der Waals surface area contributed by atoms with Crippen LogP contribution < -0.4 is 21.8 Å². The van der Waals surface area contributed by atoms with Crippen LogP contribution in [0.3, 0.4) is 0 Å². The fraction of sp³-hybridized carbons (Fsp3) is 0.185. The van der Waals surface area contributed by atoms with Crippen molar-refractivity contribution in [2.24, 2.45) is 0 Å². The Morgan fingerprint density at radius 3 is 2.44 bits per heavy atom. The fourth-order valence-corrected chi connectivity index (χ4v) is 6.36. The standard InChI is InChI=1S/C27H25N3O2S2/c1-30(2)11-12-33-25-10-8-20(34-25)16-24-27(32)28-23(26(31)29-24)14-17-7-9-22-19(13-17)15-18-5-3-4-6-21(18)22/h3-10,13-14,16H,11-12,15H2,1-2H3,(H,28,32)(H,29,31)/b23-14-,24-16-. The average molecular weight is 488 g/mol. The molecule has 2 aromatic carbocycles. The predicted octanol–water partition coefficient (Wildman–Crippen LogP) is 3.01. The molecular formula is C27H25N3O2S2. The third-order valence-electron chi connectivity index (χ3n) is 5.79. The molecule has 1 aliphatic carbocycles. The highest BCUT2D eigenvalue weighted by atomic mass is 32.2. The van der Waals surface area contributed by atoms with Crippen molar-refractivity contribution in [2.75, 3.05) is 26.4 Å². The van der Waals surface area contributed by atoms with Crippen molar-refractivity contribution in [1.29, 1.82) is 0 Å². The number of rotatable bonds is 6. The Balaban J connectivity index is 1.41. The molecule has 2 heterocycles. The summed E-state index contributed by atoms with van der Waals surface area (Å²) >= 11 is 3.40. The average Bonchev–Trinajstić information content (AvgIpc) is 3.40. The van der Waals surface area contributed by atoms with Gasteiger partial charge in [0.2, 0.25) is 0 Å². The van der Waals surface area contributed by atoms with Crippen molar-refractivity contribution in [3.8, 4) is 11.1 Å². The minimum Gasteiger partial charge on any atom is -0.316 e. The SMILES string of the molecule is CN(C)CCSc1ccc(/C=c2\[nH]c(=O)/c(=C/c3ccc4c(c3)Cc3ccccc3-4)[nH]c2=O)s1. The molecule has 4 aromatic rings. The van der Waals surface area contributed by atoms with Crippen LogP contribution in [0.15, 0.2) is 68.4 Å². The summed E-state index contributed by atoms with van der Waals surface area (Å²) < 4.78 is 1.19. The molecule has 0 amide bonds. The van der Waals surface area contributed by atoms with E-state index in [0.717, 1.165) is 29.2 Å². The number of thiophene rings is 1. The quantitative estimate of drug-likeness (QED) is 0.362. The first-order chi connectivity index (χ1) is 16.5. The van der Waals surface area contributed by atoms with Gasteiger partial charge in [-0.1, -0.05) is 42.5 Å². The van der Waals surface area contributed by atoms with Crippen LogP contribution in [0.25, 0.3) is 23.3 Å². The van der Waals surface area contributed by atoms with Gasteiger partial charge in [-0.15, -0.1) is 23.1 Å². The van der Waals surface area contributed by atoms with E-state index < -0.39 is 0 Å². The summed E-state index contributed by atoms with van der Waals surface area (Å²) in [5.74, 6) is 1.00. The number of thioether (sulfide) groups is 1. The van der Waals surface area contributed by atoms with Crippen LogP contribution >= 0.6 is 23.1 Å². The van der Waals surface area contributed by atoms with Gasteiger partial charge in [-0.2, -0.15) is 0 Å². The van der Waals surface area contributed by atoms with Gasteiger partial charge < -0.3 is 14.9 Å². The maximum absolute atomic E-state index is 12.7. The van der Waals surface area contributed by atoms with E-state index >= 15 is 0 Å². The van der Waals surface area contributed by atoms with Gasteiger partial charge >= 0.3 is 0 Å². The van der Waals surface area contributed by atoms with Crippen molar-refractivity contribution in [1.82, 2.24) is 14.9 Å². The molecule has 0 aliphatic heterocycles. The van der Waals surface area contributed by atoms with Crippen LogP contribution in [0.2, 0.25) is 0 Å². The van der Waals surface area contributed by atoms with Crippen molar-refractivity contribution in [3.63, 3.8) is 0 Å². The second-order valence-electron chi connectivity index (χ2n) is 8.58. The molecule has 1 aliphatic rings. The highest BCUT2D eigenvalue weighted by Crippen LogP contribution is 2.36. The summed E-state index contributed by atoms with van der Waals surface area (Å²) in [6, 6.07) is 18.6. The summed E-state index contributed by atoms with van der Waals surface area (Å²) in [5.41, 5.74) is 5.31. The van der Waals surface area contributed by atoms with Crippen LogP contribution in [0.5, 0.6) is 0 Å². The van der Waals surface area contributed by atoms with Gasteiger partial charge in [0.1, 0.15) is 10.7 Å². The lowest BCUT2D eigenvalue weighted by molar-refractivity contribution is 0.437. The number of H-pyrrole nitrogens is 2. The Hall–Kier alpha value is -3.13. The highest BCUT2D eigenvalue weighted by molar-refractivity contribution is 8.01. The molecule has 0 saturated carbocycles. The van der Waals surface area contributed by atoms with E-state index in [4.69, 9.17) is 0 Å². The van der Waals surface area contributed by atoms with Gasteiger partial charge in [-0.3, -0.25) is 9.59 Å². The molecule has 34 heavy (non-hydrogen) atoms. The largest absolute Gasteiger partial charge is 0.316 e. The number of hydrogen-bond donors (Lipinski definition) is 2. The number of aromatic amines is 2. The molecule has 172 valence electrons. The topological polar surface area (TPSA) is 69.0 Å². The molecule has 7 heteroatoms. The zero-order chi connectivity index (χ0) is 23.7. The molecule has 5 nitrogen and oxygen atoms in total. The van der Waals surface area contributed by atoms with Gasteiger partial charge in [-0.25, -0.2) is 0 Å². The van der Waals surface area contributed by atoms with Gasteiger partial charge in [-0.05, 0) is 72.6 Å². The summed E-state index contributed by atoms with van der Waals surface area (Å²) in [4.78, 5) is 34.0. The molecule has 0 spiro atoms. The predicted molar refractivity (Wildman–Crippen MR) is 142 cm³/mol. The van der Waals surface area contributed by atoms with E-state index in [1.54, 1.807) is 35.3 Å². The molecule has 2 aromatic heterocycles. The second-order valence-corrected chi connectivity index (χ2v) is 11.1. The summed E-state index contributed by atoms with van der Waals surface area (Å²) in [5, 5.41) is 0.516. The van der Waals surface area contributed by atoms with Crippen molar-refractivity contribution >= 4 is 35.3 Å². The van der Waals surface area contributed by atoms with Gasteiger partial charge in [0.15, 0.2) is 0 Å². The van der Waals surface area contributed by atoms with Gasteiger partial charge in [0.05, 0.1) is 4.21 Å². The van der Waals surface area contributed by atoms with E-state index in [0.29, 0.717) is 0 Å². The van der Waals surface area contributed by atoms with Gasteiger partial charge in [0.25, 0.3) is 11.1 Å². The maximum Gasteiger partial charge on any atom is 0.272 e. The fourth-order valence-electron chi connectivity index (χ4n) is 4.08. The molecule has 5 rings (SSSR count). The van der Waals surface area contributed by atoms with Crippen LogP contribution in [-0.2, 0) is 6.42 Å². The molecule has 2 N–H and O–H groups in total. The lowest BCUT2D eigenvalue weighted by Crippen LogP contribution is -2.46.